The van der Waals surface area contributed by atoms with Gasteiger partial charge < -0.3 is 9.80 Å². The molecule has 2 amide bonds. The normalized spacial score (nSPS) is 21.8. The molecule has 44 heavy (non-hydrogen) atoms. The fourth-order valence-corrected chi connectivity index (χ4v) is 6.85. The van der Waals surface area contributed by atoms with E-state index < -0.39 is 57.4 Å². The SMILES string of the molecule is Cc1cc(F)ccc1[C@H]1C[C@@H](N2CCN(S(C)(=O)=O)CC2)CCN1C(=O)N(C)[C@H](C)c1cc(C(F)(F)F)cc(C(F)(F)F)c1. The Kier molecular flexibility index (Phi) is 9.63. The zero-order valence-electron chi connectivity index (χ0n) is 24.7. The van der Waals surface area contributed by atoms with Gasteiger partial charge >= 0.3 is 18.4 Å². The molecule has 7 nitrogen and oxygen atoms in total. The first kappa shape index (κ1) is 34.0. The largest absolute Gasteiger partial charge is 0.416 e. The number of amides is 2. The van der Waals surface area contributed by atoms with E-state index in [0.29, 0.717) is 62.3 Å². The van der Waals surface area contributed by atoms with Crippen molar-refractivity contribution in [2.45, 2.75) is 57.2 Å². The molecule has 4 rings (SSSR count). The number of piperidine rings is 1. The number of halogens is 7. The van der Waals surface area contributed by atoms with Gasteiger partial charge in [0.2, 0.25) is 10.0 Å². The molecule has 3 atom stereocenters. The van der Waals surface area contributed by atoms with Crippen LogP contribution in [0, 0.1) is 12.7 Å². The minimum absolute atomic E-state index is 0.0456. The van der Waals surface area contributed by atoms with Crippen molar-refractivity contribution in [2.24, 2.45) is 0 Å². The van der Waals surface area contributed by atoms with Crippen molar-refractivity contribution in [1.82, 2.24) is 19.0 Å². The summed E-state index contributed by atoms with van der Waals surface area (Å²) in [4.78, 5) is 18.7. The molecule has 0 spiro atoms. The molecule has 2 aliphatic rings. The minimum atomic E-state index is -5.03. The van der Waals surface area contributed by atoms with Crippen LogP contribution in [0.15, 0.2) is 36.4 Å². The van der Waals surface area contributed by atoms with E-state index in [0.717, 1.165) is 11.2 Å². The number of carbonyl (C=O) groups is 1. The third-order valence-corrected chi connectivity index (χ3v) is 9.95. The average molecular weight is 653 g/mol. The van der Waals surface area contributed by atoms with Crippen LogP contribution in [-0.4, -0.2) is 85.5 Å². The second-order valence-electron chi connectivity index (χ2n) is 11.5. The van der Waals surface area contributed by atoms with Gasteiger partial charge in [-0.25, -0.2) is 17.6 Å². The monoisotopic (exact) mass is 652 g/mol. The highest BCUT2D eigenvalue weighted by atomic mass is 32.2. The molecule has 2 heterocycles. The van der Waals surface area contributed by atoms with Gasteiger partial charge in [-0.2, -0.15) is 30.6 Å². The predicted octanol–water partition coefficient (Wildman–Crippen LogP) is 6.07. The van der Waals surface area contributed by atoms with Gasteiger partial charge in [-0.15, -0.1) is 0 Å². The zero-order valence-corrected chi connectivity index (χ0v) is 25.5. The molecule has 0 saturated carbocycles. The Balaban J connectivity index is 1.62. The number of urea groups is 1. The lowest BCUT2D eigenvalue weighted by molar-refractivity contribution is -0.143. The third kappa shape index (κ3) is 7.48. The van der Waals surface area contributed by atoms with Gasteiger partial charge in [0.25, 0.3) is 0 Å². The molecule has 0 radical (unpaired) electrons. The molecule has 0 bridgehead atoms. The maximum Gasteiger partial charge on any atom is 0.416 e. The number of benzene rings is 2. The summed E-state index contributed by atoms with van der Waals surface area (Å²) in [5.74, 6) is -0.468. The first-order valence-electron chi connectivity index (χ1n) is 14.1. The molecule has 2 saturated heterocycles. The van der Waals surface area contributed by atoms with Gasteiger partial charge in [0.15, 0.2) is 0 Å². The van der Waals surface area contributed by atoms with Crippen LogP contribution < -0.4 is 0 Å². The molecular weight excluding hydrogens is 617 g/mol. The summed E-state index contributed by atoms with van der Waals surface area (Å²) >= 11 is 0. The van der Waals surface area contributed by atoms with Gasteiger partial charge in [-0.3, -0.25) is 4.90 Å². The summed E-state index contributed by atoms with van der Waals surface area (Å²) in [7, 11) is -2.01. The van der Waals surface area contributed by atoms with Gasteiger partial charge in [0.05, 0.1) is 29.5 Å². The Morgan fingerprint density at radius 1 is 0.932 bits per heavy atom. The molecule has 244 valence electrons. The molecule has 0 N–H and O–H groups in total. The Morgan fingerprint density at radius 3 is 2.00 bits per heavy atom. The first-order chi connectivity index (χ1) is 20.3. The Labute approximate surface area is 252 Å². The molecule has 0 aliphatic carbocycles. The van der Waals surface area contributed by atoms with Crippen LogP contribution in [0.5, 0.6) is 0 Å². The molecule has 2 aromatic carbocycles. The number of hydrogen-bond donors (Lipinski definition) is 0. The third-order valence-electron chi connectivity index (χ3n) is 8.65. The first-order valence-corrected chi connectivity index (χ1v) is 15.9. The minimum Gasteiger partial charge on any atom is -0.321 e. The van der Waals surface area contributed by atoms with Crippen LogP contribution in [-0.2, 0) is 22.4 Å². The number of alkyl halides is 6. The summed E-state index contributed by atoms with van der Waals surface area (Å²) in [5, 5.41) is 0. The van der Waals surface area contributed by atoms with Crippen LogP contribution in [0.1, 0.15) is 59.7 Å². The van der Waals surface area contributed by atoms with E-state index in [1.54, 1.807) is 13.0 Å². The van der Waals surface area contributed by atoms with E-state index in [9.17, 15) is 43.9 Å². The van der Waals surface area contributed by atoms with Crippen molar-refractivity contribution in [1.29, 1.82) is 0 Å². The van der Waals surface area contributed by atoms with Crippen LogP contribution in [0.25, 0.3) is 0 Å². The van der Waals surface area contributed by atoms with E-state index in [1.807, 2.05) is 0 Å². The van der Waals surface area contributed by atoms with Gasteiger partial charge in [0, 0.05) is 45.8 Å². The summed E-state index contributed by atoms with van der Waals surface area (Å²) in [5.41, 5.74) is -2.01. The Morgan fingerprint density at radius 2 is 1.50 bits per heavy atom. The number of nitrogens with zero attached hydrogens (tertiary/aromatic N) is 4. The van der Waals surface area contributed by atoms with E-state index in [4.69, 9.17) is 0 Å². The van der Waals surface area contributed by atoms with E-state index in [2.05, 4.69) is 4.90 Å². The quantitative estimate of drug-likeness (QED) is 0.368. The molecule has 15 heteroatoms. The highest BCUT2D eigenvalue weighted by Gasteiger charge is 2.41. The molecule has 2 aromatic rings. The van der Waals surface area contributed by atoms with E-state index in [-0.39, 0.29) is 24.2 Å². The number of rotatable bonds is 5. The van der Waals surface area contributed by atoms with E-state index >= 15 is 0 Å². The smallest absolute Gasteiger partial charge is 0.321 e. The predicted molar refractivity (Wildman–Crippen MR) is 150 cm³/mol. The zero-order chi connectivity index (χ0) is 32.8. The summed E-state index contributed by atoms with van der Waals surface area (Å²) in [6.07, 6.45) is -7.98. The van der Waals surface area contributed by atoms with Crippen molar-refractivity contribution in [3.8, 4) is 0 Å². The second-order valence-corrected chi connectivity index (χ2v) is 13.5. The summed E-state index contributed by atoms with van der Waals surface area (Å²) in [6, 6.07) is 3.10. The van der Waals surface area contributed by atoms with Crippen molar-refractivity contribution in [3.63, 3.8) is 0 Å². The van der Waals surface area contributed by atoms with Crippen molar-refractivity contribution < 1.29 is 43.9 Å². The standard InChI is InChI=1S/C29H35F7N4O3S/c1-18-13-23(30)5-6-25(18)26-17-24(38-9-11-39(12-10-38)44(4,42)43)7-8-40(26)27(41)37(3)19(2)20-14-21(28(31,32)33)16-22(15-20)29(34,35)36/h5-6,13-16,19,24,26H,7-12,17H2,1-4H3/t19-,24+,26-/m1/s1. The number of piperazine rings is 1. The number of likely N-dealkylation sites (tertiary alicyclic amines) is 1. The summed E-state index contributed by atoms with van der Waals surface area (Å²) in [6.45, 7) is 4.86. The maximum absolute atomic E-state index is 14.0. The van der Waals surface area contributed by atoms with Crippen LogP contribution >= 0.6 is 0 Å². The maximum atomic E-state index is 14.0. The Hall–Kier alpha value is -2.91. The van der Waals surface area contributed by atoms with Crippen LogP contribution in [0.3, 0.4) is 0 Å². The topological polar surface area (TPSA) is 64.2 Å². The lowest BCUT2D eigenvalue weighted by Crippen LogP contribution is -2.56. The van der Waals surface area contributed by atoms with Crippen molar-refractivity contribution in [2.75, 3.05) is 46.0 Å². The number of carbonyl (C=O) groups excluding carboxylic acids is 1. The number of sulfonamides is 1. The van der Waals surface area contributed by atoms with E-state index in [1.165, 1.54) is 35.3 Å². The molecule has 2 aliphatic heterocycles. The average Bonchev–Trinajstić information content (AvgIpc) is 2.94. The highest BCUT2D eigenvalue weighted by molar-refractivity contribution is 7.88. The molecule has 0 aromatic heterocycles. The highest BCUT2D eigenvalue weighted by Crippen LogP contribution is 2.40. The molecule has 0 unspecified atom stereocenters. The lowest BCUT2D eigenvalue weighted by atomic mass is 9.88. The molecular formula is C29H35F7N4O3S. The fourth-order valence-electron chi connectivity index (χ4n) is 6.03. The van der Waals surface area contributed by atoms with Crippen LogP contribution in [0.2, 0.25) is 0 Å². The van der Waals surface area contributed by atoms with Gasteiger partial charge in [0.1, 0.15) is 5.82 Å². The second kappa shape index (κ2) is 12.5. The summed E-state index contributed by atoms with van der Waals surface area (Å²) < 4.78 is 120. The lowest BCUT2D eigenvalue weighted by Gasteiger charge is -2.47. The van der Waals surface area contributed by atoms with Gasteiger partial charge in [-0.05, 0) is 73.7 Å². The number of aryl methyl sites for hydroxylation is 1. The number of hydrogen-bond acceptors (Lipinski definition) is 4. The van der Waals surface area contributed by atoms with Crippen LogP contribution in [0.4, 0.5) is 35.5 Å². The van der Waals surface area contributed by atoms with Gasteiger partial charge in [-0.1, -0.05) is 6.07 Å². The van der Waals surface area contributed by atoms with Crippen molar-refractivity contribution in [3.05, 3.63) is 70.0 Å². The van der Waals surface area contributed by atoms with Crippen molar-refractivity contribution >= 4 is 16.1 Å². The molecule has 2 fully saturated rings. The Bertz CT molecular complexity index is 1440. The fraction of sp³-hybridized carbons (Fsp3) is 0.552.